The molecule has 1 aliphatic heterocycles. The molecule has 1 aromatic carbocycles. The Labute approximate surface area is 103 Å². The van der Waals surface area contributed by atoms with E-state index in [-0.39, 0.29) is 9.37 Å². The van der Waals surface area contributed by atoms with Gasteiger partial charge in [0.1, 0.15) is 0 Å². The summed E-state index contributed by atoms with van der Waals surface area (Å²) in [4.78, 5) is 0.278. The minimum Gasteiger partial charge on any atom is -0.378 e. The third-order valence-electron chi connectivity index (χ3n) is 1.38. The van der Waals surface area contributed by atoms with Gasteiger partial charge < -0.3 is 9.64 Å². The summed E-state index contributed by atoms with van der Waals surface area (Å²) in [5, 5.41) is 0. The standard InChI is InChI=1S/C10H12BrNO/c1-13-8-6-12(7-8)10-5-3-2-4-9(10)11/h2-5,8H,6-7H2,1H3/i1D3,2D,3D,4D,5D,6D2,7D2,8D. The number of anilines is 1. The summed E-state index contributed by atoms with van der Waals surface area (Å²) in [6, 6.07) is -2.65. The van der Waals surface area contributed by atoms with Crippen molar-refractivity contribution in [2.75, 3.05) is 24.9 Å². The van der Waals surface area contributed by atoms with E-state index >= 15 is 0 Å². The highest BCUT2D eigenvalue weighted by molar-refractivity contribution is 9.10. The van der Waals surface area contributed by atoms with Crippen LogP contribution < -0.4 is 4.90 Å². The summed E-state index contributed by atoms with van der Waals surface area (Å²) >= 11 is 2.89. The molecule has 1 heterocycles. The SMILES string of the molecule is [2H]c1c([2H])c([2H])c(N2C([2H])([2H])C([2H])(OC([2H])([2H])[2H])C2([2H])[2H])c(Br)c1[2H]. The fourth-order valence-corrected chi connectivity index (χ4v) is 1.18. The van der Waals surface area contributed by atoms with Crippen LogP contribution in [-0.4, -0.2) is 26.1 Å². The number of methoxy groups -OCH3 is 1. The van der Waals surface area contributed by atoms with Crippen LogP contribution in [0.5, 0.6) is 0 Å². The molecule has 0 spiro atoms. The lowest BCUT2D eigenvalue weighted by Gasteiger charge is -2.40. The monoisotopic (exact) mass is 253 g/mol. The maximum absolute atomic E-state index is 7.96. The minimum atomic E-state index is -3.25. The summed E-state index contributed by atoms with van der Waals surface area (Å²) in [5.74, 6) is 0. The zero-order valence-corrected chi connectivity index (χ0v) is 7.82. The highest BCUT2D eigenvalue weighted by Gasteiger charge is 2.27. The number of ether oxygens (including phenoxy) is 1. The lowest BCUT2D eigenvalue weighted by molar-refractivity contribution is 0.0787. The third kappa shape index (κ3) is 1.71. The molecule has 1 saturated heterocycles. The molecule has 0 saturated carbocycles. The minimum absolute atomic E-state index is 0.278. The van der Waals surface area contributed by atoms with Gasteiger partial charge in [-0.3, -0.25) is 0 Å². The molecule has 2 nitrogen and oxygen atoms in total. The number of hydrogen-bond acceptors (Lipinski definition) is 2. The van der Waals surface area contributed by atoms with Gasteiger partial charge in [-0.25, -0.2) is 0 Å². The molecule has 0 aromatic heterocycles. The Morgan fingerprint density at radius 1 is 1.77 bits per heavy atom. The fraction of sp³-hybridized carbons (Fsp3) is 0.400. The van der Waals surface area contributed by atoms with Crippen molar-refractivity contribution < 1.29 is 21.2 Å². The van der Waals surface area contributed by atoms with Crippen molar-refractivity contribution in [2.24, 2.45) is 0 Å². The van der Waals surface area contributed by atoms with Gasteiger partial charge in [0.05, 0.1) is 28.2 Å². The molecule has 1 aliphatic rings. The van der Waals surface area contributed by atoms with E-state index in [1.165, 1.54) is 0 Å². The van der Waals surface area contributed by atoms with E-state index in [1.807, 2.05) is 0 Å². The zero-order chi connectivity index (χ0) is 19.7. The largest absolute Gasteiger partial charge is 0.378 e. The van der Waals surface area contributed by atoms with Crippen LogP contribution in [0.4, 0.5) is 5.69 Å². The number of para-hydroxylation sites is 1. The van der Waals surface area contributed by atoms with Crippen LogP contribution in [0.3, 0.4) is 0 Å². The molecule has 2 rings (SSSR count). The first-order valence-corrected chi connectivity index (χ1v) is 4.06. The maximum atomic E-state index is 7.96. The molecule has 1 fully saturated rings. The Morgan fingerprint density at radius 2 is 2.54 bits per heavy atom. The van der Waals surface area contributed by atoms with Gasteiger partial charge in [0, 0.05) is 24.5 Å². The van der Waals surface area contributed by atoms with Gasteiger partial charge in [0.2, 0.25) is 0 Å². The zero-order valence-electron chi connectivity index (χ0n) is 18.2. The first-order chi connectivity index (χ1) is 11.0. The molecular weight excluding hydrogens is 230 g/mol. The molecule has 0 atom stereocenters. The highest BCUT2D eigenvalue weighted by atomic mass is 79.9. The highest BCUT2D eigenvalue weighted by Crippen LogP contribution is 2.29. The number of rotatable bonds is 2. The van der Waals surface area contributed by atoms with Gasteiger partial charge in [-0.2, -0.15) is 0 Å². The molecular formula is C10H12BrNO. The van der Waals surface area contributed by atoms with Crippen LogP contribution in [0.15, 0.2) is 28.6 Å². The van der Waals surface area contributed by atoms with E-state index < -0.39 is 56.0 Å². The van der Waals surface area contributed by atoms with Crippen molar-refractivity contribution in [3.63, 3.8) is 0 Å². The van der Waals surface area contributed by atoms with Crippen molar-refractivity contribution in [3.8, 4) is 0 Å². The molecule has 0 radical (unpaired) electrons. The molecule has 0 amide bonds. The van der Waals surface area contributed by atoms with Crippen LogP contribution in [0.1, 0.15) is 16.4 Å². The van der Waals surface area contributed by atoms with E-state index in [9.17, 15) is 0 Å². The van der Waals surface area contributed by atoms with Crippen molar-refractivity contribution in [1.82, 2.24) is 0 Å². The van der Waals surface area contributed by atoms with Crippen molar-refractivity contribution >= 4 is 21.6 Å². The van der Waals surface area contributed by atoms with Gasteiger partial charge >= 0.3 is 0 Å². The second-order valence-electron chi connectivity index (χ2n) is 2.15. The lowest BCUT2D eigenvalue weighted by Crippen LogP contribution is -2.52. The normalized spacial score (nSPS) is 41.8. The Kier molecular flexibility index (Phi) is 0.715. The van der Waals surface area contributed by atoms with E-state index in [0.29, 0.717) is 0 Å². The molecule has 1 aromatic rings. The summed E-state index contributed by atoms with van der Waals surface area (Å²) in [6.07, 6.45) is -3.15. The van der Waals surface area contributed by atoms with E-state index in [2.05, 4.69) is 20.7 Å². The maximum Gasteiger partial charge on any atom is 0.0920 e. The molecule has 13 heavy (non-hydrogen) atoms. The lowest BCUT2D eigenvalue weighted by atomic mass is 10.1. The van der Waals surface area contributed by atoms with Crippen molar-refractivity contribution in [3.05, 3.63) is 28.6 Å². The number of hydrogen-bond donors (Lipinski definition) is 0. The van der Waals surface area contributed by atoms with Crippen LogP contribution in [0.2, 0.25) is 0 Å². The van der Waals surface area contributed by atoms with Crippen molar-refractivity contribution in [2.45, 2.75) is 6.08 Å². The number of halogens is 1. The fourth-order valence-electron chi connectivity index (χ4n) is 0.805. The molecule has 70 valence electrons. The summed E-state index contributed by atoms with van der Waals surface area (Å²) < 4.78 is 95.8. The average molecular weight is 254 g/mol. The molecule has 0 bridgehead atoms. The van der Waals surface area contributed by atoms with Crippen LogP contribution >= 0.6 is 15.9 Å². The molecule has 0 N–H and O–H groups in total. The molecule has 3 heteroatoms. The Bertz CT molecular complexity index is 687. The Morgan fingerprint density at radius 3 is 3.31 bits per heavy atom. The predicted octanol–water partition coefficient (Wildman–Crippen LogP) is 2.28. The first-order valence-electron chi connectivity index (χ1n) is 9.27. The summed E-state index contributed by atoms with van der Waals surface area (Å²) in [7, 11) is -3.25. The quantitative estimate of drug-likeness (QED) is 0.802. The van der Waals surface area contributed by atoms with E-state index in [4.69, 9.17) is 16.4 Å². The number of benzene rings is 1. The second kappa shape index (κ2) is 3.68. The van der Waals surface area contributed by atoms with Crippen LogP contribution in [-0.2, 0) is 4.74 Å². The van der Waals surface area contributed by atoms with Crippen molar-refractivity contribution in [1.29, 1.82) is 0 Å². The second-order valence-corrected chi connectivity index (χ2v) is 2.95. The van der Waals surface area contributed by atoms with Gasteiger partial charge in [-0.15, -0.1) is 0 Å². The van der Waals surface area contributed by atoms with Gasteiger partial charge in [-0.05, 0) is 28.0 Å². The number of nitrogens with zero attached hydrogens (tertiary/aromatic N) is 1. The van der Waals surface area contributed by atoms with E-state index in [1.54, 1.807) is 0 Å². The van der Waals surface area contributed by atoms with E-state index in [0.717, 1.165) is 0 Å². The van der Waals surface area contributed by atoms with Gasteiger partial charge in [0.15, 0.2) is 0 Å². The van der Waals surface area contributed by atoms with Crippen LogP contribution in [0, 0.1) is 0 Å². The topological polar surface area (TPSA) is 12.5 Å². The first kappa shape index (κ1) is 2.52. The summed E-state index contributed by atoms with van der Waals surface area (Å²) in [5.41, 5.74) is -0.571. The van der Waals surface area contributed by atoms with Gasteiger partial charge in [-0.1, -0.05) is 12.1 Å². The average Bonchev–Trinajstić information content (AvgIpc) is 2.44. The smallest absolute Gasteiger partial charge is 0.0920 e. The van der Waals surface area contributed by atoms with Gasteiger partial charge in [0.25, 0.3) is 0 Å². The predicted molar refractivity (Wildman–Crippen MR) is 57.2 cm³/mol. The third-order valence-corrected chi connectivity index (χ3v) is 1.95. The van der Waals surface area contributed by atoms with Crippen LogP contribution in [0.25, 0.3) is 0 Å². The molecule has 0 unspecified atom stereocenters. The Balaban J connectivity index is 2.68. The molecule has 0 aliphatic carbocycles. The Hall–Kier alpha value is -0.540. The summed E-state index contributed by atoms with van der Waals surface area (Å²) in [6.45, 7) is -6.07.